The van der Waals surface area contributed by atoms with Gasteiger partial charge in [0.15, 0.2) is 0 Å². The molecule has 1 heterocycles. The maximum absolute atomic E-state index is 12.6. The maximum Gasteiger partial charge on any atom is 0.300 e. The second kappa shape index (κ2) is 7.56. The first-order valence-electron chi connectivity index (χ1n) is 7.15. The Hall–Kier alpha value is -2.18. The lowest BCUT2D eigenvalue weighted by Gasteiger charge is -2.27. The number of hydrogen-bond donors (Lipinski definition) is 1. The highest BCUT2D eigenvalue weighted by Crippen LogP contribution is 2.23. The molecule has 1 amide bonds. The molecule has 0 radical (unpaired) electrons. The van der Waals surface area contributed by atoms with Crippen LogP contribution in [0.2, 0.25) is 0 Å². The van der Waals surface area contributed by atoms with Gasteiger partial charge in [-0.15, -0.1) is 0 Å². The number of nitrogens with zero attached hydrogens (tertiary/aromatic N) is 3. The summed E-state index contributed by atoms with van der Waals surface area (Å²) in [5.41, 5.74) is -0.184. The number of carbonyl (C=O) groups is 1. The molecule has 0 aliphatic rings. The summed E-state index contributed by atoms with van der Waals surface area (Å²) in [6, 6.07) is 1.48. The fourth-order valence-electron chi connectivity index (χ4n) is 2.07. The van der Waals surface area contributed by atoms with Crippen LogP contribution in [0, 0.1) is 10.1 Å². The van der Waals surface area contributed by atoms with Gasteiger partial charge in [0.1, 0.15) is 17.6 Å². The molecule has 0 aliphatic heterocycles. The fraction of sp³-hybridized carbons (Fsp3) is 0.571. The first-order valence-corrected chi connectivity index (χ1v) is 7.15. The topological polar surface area (TPSA) is 88.4 Å². The molecule has 0 spiro atoms. The summed E-state index contributed by atoms with van der Waals surface area (Å²) in [7, 11) is 0. The molecule has 0 saturated heterocycles. The van der Waals surface area contributed by atoms with Crippen molar-refractivity contribution in [2.24, 2.45) is 0 Å². The smallest absolute Gasteiger partial charge is 0.300 e. The van der Waals surface area contributed by atoms with Gasteiger partial charge in [-0.25, -0.2) is 4.98 Å². The Kier molecular flexibility index (Phi) is 6.08. The molecular formula is C14H22N4O3. The second-order valence-corrected chi connectivity index (χ2v) is 4.72. The third-order valence-electron chi connectivity index (χ3n) is 3.39. The van der Waals surface area contributed by atoms with E-state index in [1.165, 1.54) is 6.07 Å². The molecule has 0 saturated carbocycles. The van der Waals surface area contributed by atoms with Crippen LogP contribution in [0.1, 0.15) is 44.5 Å². The average Bonchev–Trinajstić information content (AvgIpc) is 2.47. The van der Waals surface area contributed by atoms with Crippen molar-refractivity contribution in [1.29, 1.82) is 0 Å². The molecule has 0 aliphatic carbocycles. The van der Waals surface area contributed by atoms with E-state index in [4.69, 9.17) is 0 Å². The van der Waals surface area contributed by atoms with Crippen LogP contribution in [-0.2, 0) is 0 Å². The Morgan fingerprint density at radius 2 is 2.14 bits per heavy atom. The summed E-state index contributed by atoms with van der Waals surface area (Å²) in [4.78, 5) is 28.8. The number of nitrogens with one attached hydrogen (secondary N) is 1. The van der Waals surface area contributed by atoms with Gasteiger partial charge in [-0.05, 0) is 27.2 Å². The van der Waals surface area contributed by atoms with Crippen LogP contribution in [0.25, 0.3) is 0 Å². The average molecular weight is 294 g/mol. The lowest BCUT2D eigenvalue weighted by atomic mass is 10.1. The van der Waals surface area contributed by atoms with E-state index in [1.807, 2.05) is 27.7 Å². The normalized spacial score (nSPS) is 11.8. The summed E-state index contributed by atoms with van der Waals surface area (Å²) < 4.78 is 0. The number of anilines is 1. The zero-order chi connectivity index (χ0) is 16.0. The van der Waals surface area contributed by atoms with E-state index >= 15 is 0 Å². The van der Waals surface area contributed by atoms with Crippen molar-refractivity contribution in [1.82, 2.24) is 9.88 Å². The van der Waals surface area contributed by atoms with E-state index in [9.17, 15) is 14.9 Å². The van der Waals surface area contributed by atoms with E-state index in [2.05, 4.69) is 10.3 Å². The summed E-state index contributed by atoms with van der Waals surface area (Å²) >= 11 is 0. The van der Waals surface area contributed by atoms with E-state index in [0.29, 0.717) is 18.9 Å². The van der Waals surface area contributed by atoms with Crippen molar-refractivity contribution in [2.75, 3.05) is 18.4 Å². The first kappa shape index (κ1) is 16.9. The first-order chi connectivity index (χ1) is 9.96. The van der Waals surface area contributed by atoms with Gasteiger partial charge in [0.2, 0.25) is 0 Å². The molecule has 116 valence electrons. The molecular weight excluding hydrogens is 272 g/mol. The van der Waals surface area contributed by atoms with Gasteiger partial charge in [-0.2, -0.15) is 0 Å². The van der Waals surface area contributed by atoms with E-state index in [0.717, 1.165) is 12.6 Å². The molecule has 0 fully saturated rings. The highest BCUT2D eigenvalue weighted by molar-refractivity contribution is 5.98. The molecule has 1 unspecified atom stereocenters. The molecule has 7 nitrogen and oxygen atoms in total. The molecule has 0 aromatic carbocycles. The standard InChI is InChI=1S/C14H22N4O3/c1-5-10(4)17(7-3)14(19)11-8-13(15-6-2)16-9-12(11)18(20)21/h8-10H,5-7H2,1-4H3,(H,15,16). The number of pyridine rings is 1. The van der Waals surface area contributed by atoms with Crippen molar-refractivity contribution in [3.8, 4) is 0 Å². The summed E-state index contributed by atoms with van der Waals surface area (Å²) in [5, 5.41) is 14.1. The number of carbonyl (C=O) groups excluding carboxylic acids is 1. The Balaban J connectivity index is 3.26. The number of hydrogen-bond acceptors (Lipinski definition) is 5. The summed E-state index contributed by atoms with van der Waals surface area (Å²) in [5.74, 6) is 0.131. The molecule has 1 atom stereocenters. The Bertz CT molecular complexity index is 519. The lowest BCUT2D eigenvalue weighted by molar-refractivity contribution is -0.385. The van der Waals surface area contributed by atoms with Gasteiger partial charge < -0.3 is 10.2 Å². The van der Waals surface area contributed by atoms with Crippen LogP contribution in [0.15, 0.2) is 12.3 Å². The molecule has 21 heavy (non-hydrogen) atoms. The van der Waals surface area contributed by atoms with Crippen LogP contribution in [-0.4, -0.2) is 39.8 Å². The monoisotopic (exact) mass is 294 g/mol. The number of nitro groups is 1. The fourth-order valence-corrected chi connectivity index (χ4v) is 2.07. The number of aromatic nitrogens is 1. The van der Waals surface area contributed by atoms with Crippen molar-refractivity contribution in [3.05, 3.63) is 27.9 Å². The highest BCUT2D eigenvalue weighted by atomic mass is 16.6. The predicted octanol–water partition coefficient (Wildman–Crippen LogP) is 2.68. The van der Waals surface area contributed by atoms with Crippen molar-refractivity contribution in [2.45, 2.75) is 40.2 Å². The minimum Gasteiger partial charge on any atom is -0.370 e. The molecule has 1 aromatic heterocycles. The van der Waals surface area contributed by atoms with Gasteiger partial charge >= 0.3 is 0 Å². The van der Waals surface area contributed by atoms with Crippen LogP contribution in [0.4, 0.5) is 11.5 Å². The molecule has 0 bridgehead atoms. The van der Waals surface area contributed by atoms with Crippen LogP contribution in [0.3, 0.4) is 0 Å². The third kappa shape index (κ3) is 3.90. The molecule has 1 aromatic rings. The zero-order valence-electron chi connectivity index (χ0n) is 12.9. The third-order valence-corrected chi connectivity index (χ3v) is 3.39. The van der Waals surface area contributed by atoms with Crippen LogP contribution >= 0.6 is 0 Å². The van der Waals surface area contributed by atoms with Crippen molar-refractivity contribution < 1.29 is 9.72 Å². The Morgan fingerprint density at radius 1 is 1.48 bits per heavy atom. The zero-order valence-corrected chi connectivity index (χ0v) is 12.9. The molecule has 1 N–H and O–H groups in total. The minimum atomic E-state index is -0.569. The van der Waals surface area contributed by atoms with Gasteiger partial charge in [0, 0.05) is 25.2 Å². The Morgan fingerprint density at radius 3 is 2.62 bits per heavy atom. The lowest BCUT2D eigenvalue weighted by Crippen LogP contribution is -2.38. The van der Waals surface area contributed by atoms with E-state index in [1.54, 1.807) is 4.90 Å². The van der Waals surface area contributed by atoms with Gasteiger partial charge in [-0.1, -0.05) is 6.92 Å². The largest absolute Gasteiger partial charge is 0.370 e. The van der Waals surface area contributed by atoms with E-state index < -0.39 is 4.92 Å². The second-order valence-electron chi connectivity index (χ2n) is 4.72. The van der Waals surface area contributed by atoms with Crippen molar-refractivity contribution >= 4 is 17.4 Å². The van der Waals surface area contributed by atoms with Gasteiger partial charge in [-0.3, -0.25) is 14.9 Å². The molecule has 1 rings (SSSR count). The van der Waals surface area contributed by atoms with Gasteiger partial charge in [0.25, 0.3) is 11.6 Å². The van der Waals surface area contributed by atoms with Crippen molar-refractivity contribution in [3.63, 3.8) is 0 Å². The predicted molar refractivity (Wildman–Crippen MR) is 81.5 cm³/mol. The van der Waals surface area contributed by atoms with E-state index in [-0.39, 0.29) is 23.2 Å². The van der Waals surface area contributed by atoms with Gasteiger partial charge in [0.05, 0.1) is 4.92 Å². The quantitative estimate of drug-likeness (QED) is 0.617. The highest BCUT2D eigenvalue weighted by Gasteiger charge is 2.27. The Labute approximate surface area is 124 Å². The van der Waals surface area contributed by atoms with Crippen LogP contribution in [0.5, 0.6) is 0 Å². The maximum atomic E-state index is 12.6. The minimum absolute atomic E-state index is 0.0258. The summed E-state index contributed by atoms with van der Waals surface area (Å²) in [6.07, 6.45) is 1.92. The SMILES string of the molecule is CCNc1cc(C(=O)N(CC)C(C)CC)c([N+](=O)[O-])cn1. The van der Waals surface area contributed by atoms with Crippen LogP contribution < -0.4 is 5.32 Å². The molecule has 7 heteroatoms. The summed E-state index contributed by atoms with van der Waals surface area (Å²) in [6.45, 7) is 8.79. The number of rotatable bonds is 7. The number of amides is 1.